The molecule has 0 aromatic heterocycles. The van der Waals surface area contributed by atoms with Crippen LogP contribution in [0.1, 0.15) is 17.5 Å². The van der Waals surface area contributed by atoms with Gasteiger partial charge in [-0.1, -0.05) is 0 Å². The molecule has 2 aliphatic heterocycles. The molecule has 2 heterocycles. The Kier molecular flexibility index (Phi) is 5.27. The molecule has 0 spiro atoms. The highest BCUT2D eigenvalue weighted by atomic mass is 16.5. The summed E-state index contributed by atoms with van der Waals surface area (Å²) in [6.07, 6.45) is 4.86. The molecule has 0 bridgehead atoms. The van der Waals surface area contributed by atoms with E-state index < -0.39 is 5.79 Å². The van der Waals surface area contributed by atoms with E-state index in [0.717, 1.165) is 42.2 Å². The maximum absolute atomic E-state index is 6.47. The molecule has 3 rings (SSSR count). The molecule has 0 saturated carbocycles. The summed E-state index contributed by atoms with van der Waals surface area (Å²) in [6, 6.07) is 5.84. The summed E-state index contributed by atoms with van der Waals surface area (Å²) in [7, 11) is 5.62. The van der Waals surface area contributed by atoms with Crippen molar-refractivity contribution in [2.75, 3.05) is 34.3 Å². The van der Waals surface area contributed by atoms with Gasteiger partial charge in [0.2, 0.25) is 5.79 Å². The maximum Gasteiger partial charge on any atom is 0.210 e. The number of nitrogens with one attached hydrogen (secondary N) is 2. The lowest BCUT2D eigenvalue weighted by molar-refractivity contribution is 0.0472. The molecule has 2 aliphatic rings. The highest BCUT2D eigenvalue weighted by Crippen LogP contribution is 2.28. The van der Waals surface area contributed by atoms with Crippen LogP contribution < -0.4 is 21.1 Å². The van der Waals surface area contributed by atoms with Crippen LogP contribution in [0.25, 0.3) is 0 Å². The van der Waals surface area contributed by atoms with Crippen LogP contribution in [-0.4, -0.2) is 51.5 Å². The summed E-state index contributed by atoms with van der Waals surface area (Å²) >= 11 is 0. The van der Waals surface area contributed by atoms with Gasteiger partial charge in [-0.15, -0.1) is 0 Å². The summed E-state index contributed by atoms with van der Waals surface area (Å²) in [4.78, 5) is 6.69. The van der Waals surface area contributed by atoms with Gasteiger partial charge in [0.05, 0.1) is 19.8 Å². The Balaban J connectivity index is 1.78. The first kappa shape index (κ1) is 17.7. The van der Waals surface area contributed by atoms with E-state index in [1.807, 2.05) is 31.3 Å². The van der Waals surface area contributed by atoms with E-state index in [0.29, 0.717) is 6.61 Å². The molecule has 4 N–H and O–H groups in total. The molecule has 0 aliphatic carbocycles. The lowest BCUT2D eigenvalue weighted by Crippen LogP contribution is -2.51. The fraction of sp³-hybridized carbons (Fsp3) is 0.500. The minimum atomic E-state index is -1.01. The highest BCUT2D eigenvalue weighted by molar-refractivity contribution is 5.73. The average molecular weight is 345 g/mol. The molecule has 1 saturated heterocycles. The van der Waals surface area contributed by atoms with Crippen LogP contribution in [0.5, 0.6) is 5.75 Å². The molecule has 1 fully saturated rings. The monoisotopic (exact) mass is 345 g/mol. The standard InChI is InChI=1S/C18H27N5O2/c1-20-17-6-8-21-18(19,22-17)14-4-5-16(24-3)13(10-14)12-25-15-7-9-23(2)11-15/h4-6,8,10,15,20,22H,7,9,11-12,19H2,1-3H3. The summed E-state index contributed by atoms with van der Waals surface area (Å²) in [5.41, 5.74) is 8.29. The second-order valence-electron chi connectivity index (χ2n) is 6.51. The number of likely N-dealkylation sites (N-methyl/N-ethyl adjacent to an activating group) is 1. The van der Waals surface area contributed by atoms with Gasteiger partial charge < -0.3 is 25.0 Å². The largest absolute Gasteiger partial charge is 0.496 e. The van der Waals surface area contributed by atoms with Crippen LogP contribution in [0, 0.1) is 0 Å². The van der Waals surface area contributed by atoms with Gasteiger partial charge in [-0.05, 0) is 37.7 Å². The van der Waals surface area contributed by atoms with Crippen molar-refractivity contribution in [3.63, 3.8) is 0 Å². The van der Waals surface area contributed by atoms with Crippen LogP contribution >= 0.6 is 0 Å². The summed E-state index contributed by atoms with van der Waals surface area (Å²) in [5, 5.41) is 6.26. The second kappa shape index (κ2) is 7.43. The fourth-order valence-electron chi connectivity index (χ4n) is 3.17. The molecule has 0 radical (unpaired) electrons. The SMILES string of the molecule is CNC1=CC=NC(N)(c2ccc(OC)c(COC3CCN(C)C3)c2)N1. The van der Waals surface area contributed by atoms with Gasteiger partial charge in [-0.2, -0.15) is 0 Å². The van der Waals surface area contributed by atoms with Crippen molar-refractivity contribution in [3.05, 3.63) is 41.2 Å². The molecule has 2 unspecified atom stereocenters. The quantitative estimate of drug-likeness (QED) is 0.705. The molecule has 1 aromatic rings. The van der Waals surface area contributed by atoms with Crippen molar-refractivity contribution in [1.29, 1.82) is 0 Å². The van der Waals surface area contributed by atoms with Gasteiger partial charge in [-0.25, -0.2) is 4.99 Å². The molecule has 7 nitrogen and oxygen atoms in total. The zero-order chi connectivity index (χ0) is 17.9. The van der Waals surface area contributed by atoms with Gasteiger partial charge >= 0.3 is 0 Å². The Labute approximate surface area is 148 Å². The normalized spacial score (nSPS) is 26.2. The minimum Gasteiger partial charge on any atom is -0.496 e. The number of allylic oxidation sites excluding steroid dienone is 1. The van der Waals surface area contributed by atoms with E-state index in [1.165, 1.54) is 0 Å². The molecule has 0 amide bonds. The number of hydrogen-bond donors (Lipinski definition) is 3. The number of ether oxygens (including phenoxy) is 2. The van der Waals surface area contributed by atoms with Crippen molar-refractivity contribution in [3.8, 4) is 5.75 Å². The lowest BCUT2D eigenvalue weighted by Gasteiger charge is -2.31. The van der Waals surface area contributed by atoms with Crippen LogP contribution in [0.2, 0.25) is 0 Å². The van der Waals surface area contributed by atoms with Gasteiger partial charge in [-0.3, -0.25) is 5.73 Å². The van der Waals surface area contributed by atoms with Crippen molar-refractivity contribution in [1.82, 2.24) is 15.5 Å². The highest BCUT2D eigenvalue weighted by Gasteiger charge is 2.29. The Hall–Kier alpha value is -2.09. The maximum atomic E-state index is 6.47. The van der Waals surface area contributed by atoms with Crippen molar-refractivity contribution >= 4 is 6.21 Å². The zero-order valence-corrected chi connectivity index (χ0v) is 15.1. The molecule has 1 aromatic carbocycles. The van der Waals surface area contributed by atoms with Gasteiger partial charge in [0.25, 0.3) is 0 Å². The molecular weight excluding hydrogens is 318 g/mol. The number of nitrogens with zero attached hydrogens (tertiary/aromatic N) is 2. The number of methoxy groups -OCH3 is 1. The predicted molar refractivity (Wildman–Crippen MR) is 98.3 cm³/mol. The fourth-order valence-corrected chi connectivity index (χ4v) is 3.17. The predicted octanol–water partition coefficient (Wildman–Crippen LogP) is 0.720. The van der Waals surface area contributed by atoms with Crippen LogP contribution in [0.15, 0.2) is 35.1 Å². The molecule has 136 valence electrons. The first-order valence-electron chi connectivity index (χ1n) is 8.52. The second-order valence-corrected chi connectivity index (χ2v) is 6.51. The minimum absolute atomic E-state index is 0.259. The van der Waals surface area contributed by atoms with Crippen LogP contribution in [0.4, 0.5) is 0 Å². The number of nitrogens with two attached hydrogens (primary N) is 1. The Morgan fingerprint density at radius 1 is 1.48 bits per heavy atom. The first-order chi connectivity index (χ1) is 12.0. The summed E-state index contributed by atoms with van der Waals surface area (Å²) in [5.74, 6) is 0.602. The Bertz CT molecular complexity index is 675. The molecule has 2 atom stereocenters. The topological polar surface area (TPSA) is 84.1 Å². The van der Waals surface area contributed by atoms with E-state index in [2.05, 4.69) is 27.6 Å². The molecular formula is C18H27N5O2. The number of likely N-dealkylation sites (tertiary alicyclic amines) is 1. The van der Waals surface area contributed by atoms with Crippen molar-refractivity contribution in [2.45, 2.75) is 24.9 Å². The van der Waals surface area contributed by atoms with E-state index in [4.69, 9.17) is 15.2 Å². The van der Waals surface area contributed by atoms with E-state index in [9.17, 15) is 0 Å². The van der Waals surface area contributed by atoms with E-state index >= 15 is 0 Å². The number of benzene rings is 1. The van der Waals surface area contributed by atoms with Crippen molar-refractivity contribution in [2.24, 2.45) is 10.7 Å². The summed E-state index contributed by atoms with van der Waals surface area (Å²) < 4.78 is 11.6. The van der Waals surface area contributed by atoms with Gasteiger partial charge in [0, 0.05) is 37.5 Å². The zero-order valence-electron chi connectivity index (χ0n) is 15.1. The van der Waals surface area contributed by atoms with E-state index in [1.54, 1.807) is 13.3 Å². The van der Waals surface area contributed by atoms with Crippen LogP contribution in [0.3, 0.4) is 0 Å². The first-order valence-corrected chi connectivity index (χ1v) is 8.52. The number of aliphatic imine (C=N–C) groups is 1. The molecule has 7 heteroatoms. The smallest absolute Gasteiger partial charge is 0.210 e. The summed E-state index contributed by atoms with van der Waals surface area (Å²) in [6.45, 7) is 2.53. The Morgan fingerprint density at radius 2 is 2.32 bits per heavy atom. The van der Waals surface area contributed by atoms with Crippen molar-refractivity contribution < 1.29 is 9.47 Å². The lowest BCUT2D eigenvalue weighted by atomic mass is 10.0. The third kappa shape index (κ3) is 3.95. The average Bonchev–Trinajstić information content (AvgIpc) is 3.05. The van der Waals surface area contributed by atoms with Gasteiger partial charge in [0.15, 0.2) is 0 Å². The molecule has 25 heavy (non-hydrogen) atoms. The van der Waals surface area contributed by atoms with Gasteiger partial charge in [0.1, 0.15) is 11.6 Å². The third-order valence-electron chi connectivity index (χ3n) is 4.66. The van der Waals surface area contributed by atoms with E-state index in [-0.39, 0.29) is 6.10 Å². The third-order valence-corrected chi connectivity index (χ3v) is 4.66. The van der Waals surface area contributed by atoms with Crippen LogP contribution in [-0.2, 0) is 17.1 Å². The number of rotatable bonds is 6. The number of hydrogen-bond acceptors (Lipinski definition) is 7. The Morgan fingerprint density at radius 3 is 3.00 bits per heavy atom.